The average molecular weight is 348 g/mol. The Kier molecular flexibility index (Phi) is 3.64. The summed E-state index contributed by atoms with van der Waals surface area (Å²) in [4.78, 5) is 9.56. The van der Waals surface area contributed by atoms with Crippen LogP contribution in [0, 0.1) is 5.41 Å². The number of rotatable bonds is 2. The fourth-order valence-electron chi connectivity index (χ4n) is 4.25. The van der Waals surface area contributed by atoms with E-state index in [-0.39, 0.29) is 5.41 Å². The van der Waals surface area contributed by atoms with E-state index in [9.17, 15) is 0 Å². The van der Waals surface area contributed by atoms with Crippen molar-refractivity contribution in [3.8, 4) is 11.1 Å². The smallest absolute Gasteiger partial charge is 0.0928 e. The molecule has 2 aliphatic rings. The molecular formula is C25H20N2. The van der Waals surface area contributed by atoms with Crippen LogP contribution in [0.15, 0.2) is 84.0 Å². The maximum atomic E-state index is 4.81. The highest BCUT2D eigenvalue weighted by Crippen LogP contribution is 2.47. The van der Waals surface area contributed by atoms with Gasteiger partial charge in [0.05, 0.1) is 11.0 Å². The van der Waals surface area contributed by atoms with Crippen molar-refractivity contribution in [1.82, 2.24) is 4.98 Å². The molecule has 2 nitrogen and oxygen atoms in total. The summed E-state index contributed by atoms with van der Waals surface area (Å²) in [6.07, 6.45) is 9.23. The maximum absolute atomic E-state index is 4.81. The number of fused-ring (bicyclic) bond motifs is 2. The molecular weight excluding hydrogens is 328 g/mol. The molecule has 0 fully saturated rings. The van der Waals surface area contributed by atoms with Crippen LogP contribution in [-0.2, 0) is 0 Å². The molecule has 1 aromatic heterocycles. The lowest BCUT2D eigenvalue weighted by molar-refractivity contribution is 0.597. The Balaban J connectivity index is 1.76. The van der Waals surface area contributed by atoms with E-state index in [4.69, 9.17) is 9.98 Å². The minimum atomic E-state index is -0.161. The summed E-state index contributed by atoms with van der Waals surface area (Å²) in [6, 6.07) is 23.2. The molecule has 5 rings (SSSR count). The Labute approximate surface area is 158 Å². The predicted octanol–water partition coefficient (Wildman–Crippen LogP) is 4.22. The molecule has 1 unspecified atom stereocenters. The summed E-state index contributed by atoms with van der Waals surface area (Å²) in [5, 5.41) is 2.20. The summed E-state index contributed by atoms with van der Waals surface area (Å²) < 4.78 is 0. The number of hydrogen-bond donors (Lipinski definition) is 0. The summed E-state index contributed by atoms with van der Waals surface area (Å²) >= 11 is 0. The number of hydrogen-bond acceptors (Lipinski definition) is 2. The van der Waals surface area contributed by atoms with Gasteiger partial charge in [-0.3, -0.25) is 9.98 Å². The van der Waals surface area contributed by atoms with Crippen molar-refractivity contribution in [1.29, 1.82) is 0 Å². The van der Waals surface area contributed by atoms with Crippen molar-refractivity contribution >= 4 is 23.6 Å². The number of aliphatic imine (C=N–C) groups is 1. The van der Waals surface area contributed by atoms with E-state index in [2.05, 4.69) is 85.8 Å². The second kappa shape index (κ2) is 6.17. The van der Waals surface area contributed by atoms with Gasteiger partial charge >= 0.3 is 0 Å². The molecule has 2 heteroatoms. The van der Waals surface area contributed by atoms with Crippen LogP contribution in [0.3, 0.4) is 0 Å². The van der Waals surface area contributed by atoms with Gasteiger partial charge in [0, 0.05) is 23.0 Å². The van der Waals surface area contributed by atoms with Crippen molar-refractivity contribution in [3.63, 3.8) is 0 Å². The van der Waals surface area contributed by atoms with Gasteiger partial charge in [-0.15, -0.1) is 0 Å². The third-order valence-electron chi connectivity index (χ3n) is 5.66. The van der Waals surface area contributed by atoms with E-state index in [0.717, 1.165) is 17.5 Å². The molecule has 2 aromatic carbocycles. The number of benzene rings is 2. The van der Waals surface area contributed by atoms with Gasteiger partial charge in [0.15, 0.2) is 0 Å². The van der Waals surface area contributed by atoms with Crippen molar-refractivity contribution < 1.29 is 0 Å². The second-order valence-corrected chi connectivity index (χ2v) is 7.30. The van der Waals surface area contributed by atoms with E-state index >= 15 is 0 Å². The van der Waals surface area contributed by atoms with Crippen molar-refractivity contribution in [2.45, 2.75) is 13.3 Å². The van der Waals surface area contributed by atoms with Gasteiger partial charge in [-0.1, -0.05) is 66.7 Å². The van der Waals surface area contributed by atoms with E-state index in [1.807, 2.05) is 12.4 Å². The maximum Gasteiger partial charge on any atom is 0.0928 e. The van der Waals surface area contributed by atoms with Crippen LogP contribution in [0.1, 0.15) is 18.9 Å². The first kappa shape index (κ1) is 16.0. The van der Waals surface area contributed by atoms with Gasteiger partial charge in [0.2, 0.25) is 0 Å². The molecule has 0 radical (unpaired) electrons. The molecule has 130 valence electrons. The Hall–Kier alpha value is -3.26. The quantitative estimate of drug-likeness (QED) is 0.681. The first-order valence-electron chi connectivity index (χ1n) is 9.33. The molecule has 1 aliphatic carbocycles. The van der Waals surface area contributed by atoms with E-state index in [0.29, 0.717) is 0 Å². The zero-order valence-corrected chi connectivity index (χ0v) is 15.3. The lowest BCUT2D eigenvalue weighted by atomic mass is 9.70. The van der Waals surface area contributed by atoms with Gasteiger partial charge in [-0.2, -0.15) is 0 Å². The van der Waals surface area contributed by atoms with Gasteiger partial charge in [-0.25, -0.2) is 0 Å². The standard InChI is InChI=1S/C25H20N2/c1-25-15-12-21-20(18-8-4-2-5-9-18)13-16-26-23(21)24(25)27-17-14-22(25)19-10-6-3-7-11-19/h2-14,16-17H,15H2,1H3. The largest absolute Gasteiger partial charge is 0.258 e. The Morgan fingerprint density at radius 2 is 1.56 bits per heavy atom. The number of aromatic nitrogens is 1. The summed E-state index contributed by atoms with van der Waals surface area (Å²) in [5.41, 5.74) is 5.91. The Morgan fingerprint density at radius 1 is 0.852 bits per heavy atom. The molecule has 3 aromatic rings. The highest BCUT2D eigenvalue weighted by Gasteiger charge is 2.37. The Morgan fingerprint density at radius 3 is 2.30 bits per heavy atom. The molecule has 2 heterocycles. The summed E-state index contributed by atoms with van der Waals surface area (Å²) in [7, 11) is 0. The van der Waals surface area contributed by atoms with Crippen LogP contribution < -0.4 is 10.6 Å². The molecule has 0 spiro atoms. The van der Waals surface area contributed by atoms with Crippen LogP contribution in [0.4, 0.5) is 0 Å². The normalized spacial score (nSPS) is 20.3. The van der Waals surface area contributed by atoms with Crippen LogP contribution in [0.5, 0.6) is 0 Å². The van der Waals surface area contributed by atoms with Gasteiger partial charge in [0.25, 0.3) is 0 Å². The number of allylic oxidation sites excluding steroid dienone is 1. The fourth-order valence-corrected chi connectivity index (χ4v) is 4.25. The van der Waals surface area contributed by atoms with Crippen LogP contribution in [0.25, 0.3) is 28.5 Å². The lowest BCUT2D eigenvalue weighted by Crippen LogP contribution is -2.41. The highest BCUT2D eigenvalue weighted by molar-refractivity contribution is 5.97. The summed E-state index contributed by atoms with van der Waals surface area (Å²) in [5.74, 6) is 0. The molecule has 0 bridgehead atoms. The van der Waals surface area contributed by atoms with Crippen molar-refractivity contribution in [2.24, 2.45) is 10.4 Å². The number of pyridine rings is 1. The van der Waals surface area contributed by atoms with Crippen LogP contribution in [-0.4, -0.2) is 11.2 Å². The highest BCUT2D eigenvalue weighted by atomic mass is 14.8. The van der Waals surface area contributed by atoms with Gasteiger partial charge in [-0.05, 0) is 47.8 Å². The Bertz CT molecular complexity index is 1190. The number of nitrogens with zero attached hydrogens (tertiary/aromatic N) is 2. The topological polar surface area (TPSA) is 25.2 Å². The van der Waals surface area contributed by atoms with Crippen molar-refractivity contribution in [3.05, 3.63) is 95.1 Å². The van der Waals surface area contributed by atoms with Gasteiger partial charge < -0.3 is 0 Å². The van der Waals surface area contributed by atoms with Crippen LogP contribution >= 0.6 is 0 Å². The van der Waals surface area contributed by atoms with Crippen molar-refractivity contribution in [2.75, 3.05) is 0 Å². The van der Waals surface area contributed by atoms with E-state index in [1.165, 1.54) is 27.5 Å². The molecule has 1 aliphatic heterocycles. The SMILES string of the molecule is CC12CC=c3c(-c4ccccc4)ccnc3=C1N=CC=C2c1ccccc1. The first-order chi connectivity index (χ1) is 13.3. The van der Waals surface area contributed by atoms with E-state index in [1.54, 1.807) is 0 Å². The monoisotopic (exact) mass is 348 g/mol. The first-order valence-corrected chi connectivity index (χ1v) is 9.33. The zero-order chi connectivity index (χ0) is 18.3. The average Bonchev–Trinajstić information content (AvgIpc) is 2.74. The third-order valence-corrected chi connectivity index (χ3v) is 5.66. The fraction of sp³-hybridized carbons (Fsp3) is 0.120. The number of dihydropyridines is 1. The minimum absolute atomic E-state index is 0.161. The predicted molar refractivity (Wildman–Crippen MR) is 112 cm³/mol. The summed E-state index contributed by atoms with van der Waals surface area (Å²) in [6.45, 7) is 2.29. The lowest BCUT2D eigenvalue weighted by Gasteiger charge is -2.36. The minimum Gasteiger partial charge on any atom is -0.258 e. The molecule has 0 saturated heterocycles. The van der Waals surface area contributed by atoms with Crippen LogP contribution in [0.2, 0.25) is 0 Å². The van der Waals surface area contributed by atoms with E-state index < -0.39 is 0 Å². The third kappa shape index (κ3) is 2.48. The zero-order valence-electron chi connectivity index (χ0n) is 15.3. The molecule has 1 atom stereocenters. The second-order valence-electron chi connectivity index (χ2n) is 7.30. The molecule has 0 N–H and O–H groups in total. The van der Waals surface area contributed by atoms with Gasteiger partial charge in [0.1, 0.15) is 0 Å². The molecule has 27 heavy (non-hydrogen) atoms. The molecule has 0 saturated carbocycles. The molecule has 0 amide bonds.